The normalized spacial score (nSPS) is 24.0. The monoisotopic (exact) mass is 399 g/mol. The molecule has 0 bridgehead atoms. The summed E-state index contributed by atoms with van der Waals surface area (Å²) in [6.45, 7) is 6.66. The maximum atomic E-state index is 12.6. The van der Waals surface area contributed by atoms with E-state index in [-0.39, 0.29) is 0 Å². The molecule has 2 aliphatic heterocycles. The Morgan fingerprint density at radius 1 is 0.897 bits per heavy atom. The van der Waals surface area contributed by atoms with Gasteiger partial charge in [-0.05, 0) is 50.7 Å². The van der Waals surface area contributed by atoms with Crippen molar-refractivity contribution in [2.75, 3.05) is 42.5 Å². The molecule has 6 heteroatoms. The van der Waals surface area contributed by atoms with Gasteiger partial charge >= 0.3 is 0 Å². The van der Waals surface area contributed by atoms with Crippen LogP contribution in [0.25, 0.3) is 0 Å². The first-order valence-corrected chi connectivity index (χ1v) is 11.8. The van der Waals surface area contributed by atoms with E-state index in [4.69, 9.17) is 0 Å². The van der Waals surface area contributed by atoms with E-state index >= 15 is 0 Å². The SMILES string of the molecule is CC1CCCCN1c1ccc(N2CCN(C(=O)CCC3CCCCC3)CC2)nn1. The first-order chi connectivity index (χ1) is 14.2. The van der Waals surface area contributed by atoms with Crippen LogP contribution in [0.5, 0.6) is 0 Å². The third-order valence-corrected chi connectivity index (χ3v) is 7.18. The maximum absolute atomic E-state index is 12.6. The number of rotatable bonds is 5. The summed E-state index contributed by atoms with van der Waals surface area (Å²) < 4.78 is 0. The maximum Gasteiger partial charge on any atom is 0.222 e. The number of piperazine rings is 1. The first-order valence-electron chi connectivity index (χ1n) is 11.8. The zero-order valence-electron chi connectivity index (χ0n) is 18.1. The molecule has 1 amide bonds. The molecule has 1 saturated carbocycles. The van der Waals surface area contributed by atoms with Crippen LogP contribution in [0, 0.1) is 5.92 Å². The Balaban J connectivity index is 1.24. The third-order valence-electron chi connectivity index (χ3n) is 7.18. The van der Waals surface area contributed by atoms with Gasteiger partial charge in [-0.15, -0.1) is 10.2 Å². The van der Waals surface area contributed by atoms with E-state index in [1.54, 1.807) is 0 Å². The summed E-state index contributed by atoms with van der Waals surface area (Å²) in [7, 11) is 0. The van der Waals surface area contributed by atoms with E-state index in [1.165, 1.54) is 51.4 Å². The lowest BCUT2D eigenvalue weighted by atomic mass is 9.86. The summed E-state index contributed by atoms with van der Waals surface area (Å²) in [6.07, 6.45) is 12.3. The van der Waals surface area contributed by atoms with Crippen molar-refractivity contribution in [1.82, 2.24) is 15.1 Å². The van der Waals surface area contributed by atoms with Crippen molar-refractivity contribution in [3.63, 3.8) is 0 Å². The van der Waals surface area contributed by atoms with Crippen LogP contribution in [0.4, 0.5) is 11.6 Å². The second-order valence-electron chi connectivity index (χ2n) is 9.20. The first kappa shape index (κ1) is 20.4. The van der Waals surface area contributed by atoms with Crippen LogP contribution in [-0.4, -0.2) is 59.8 Å². The third kappa shape index (κ3) is 5.20. The summed E-state index contributed by atoms with van der Waals surface area (Å²) in [5.41, 5.74) is 0. The standard InChI is InChI=1S/C23H37N5O/c1-19-7-5-6-14-28(19)22-12-11-21(24-25-22)26-15-17-27(18-16-26)23(29)13-10-20-8-3-2-4-9-20/h11-12,19-20H,2-10,13-18H2,1H3. The molecule has 1 atom stereocenters. The molecule has 0 aromatic carbocycles. The molecular formula is C23H37N5O. The molecule has 0 spiro atoms. The van der Waals surface area contributed by atoms with Gasteiger partial charge in [0.2, 0.25) is 5.91 Å². The number of carbonyl (C=O) groups is 1. The molecule has 3 fully saturated rings. The number of anilines is 2. The van der Waals surface area contributed by atoms with Crippen molar-refractivity contribution < 1.29 is 4.79 Å². The Morgan fingerprint density at radius 2 is 1.59 bits per heavy atom. The Bertz CT molecular complexity index is 650. The highest BCUT2D eigenvalue weighted by Crippen LogP contribution is 2.28. The fourth-order valence-electron chi connectivity index (χ4n) is 5.22. The second-order valence-corrected chi connectivity index (χ2v) is 9.20. The van der Waals surface area contributed by atoms with Crippen LogP contribution in [0.3, 0.4) is 0 Å². The van der Waals surface area contributed by atoms with Crippen LogP contribution in [0.2, 0.25) is 0 Å². The summed E-state index contributed by atoms with van der Waals surface area (Å²) in [6, 6.07) is 4.77. The lowest BCUT2D eigenvalue weighted by Gasteiger charge is -2.36. The average Bonchev–Trinajstić information content (AvgIpc) is 2.79. The molecular weight excluding hydrogens is 362 g/mol. The zero-order chi connectivity index (χ0) is 20.1. The summed E-state index contributed by atoms with van der Waals surface area (Å²) in [4.78, 5) is 19.3. The van der Waals surface area contributed by atoms with E-state index in [0.29, 0.717) is 11.9 Å². The van der Waals surface area contributed by atoms with E-state index in [0.717, 1.165) is 63.1 Å². The number of piperidine rings is 1. The van der Waals surface area contributed by atoms with Gasteiger partial charge in [-0.1, -0.05) is 32.1 Å². The minimum Gasteiger partial charge on any atom is -0.352 e. The lowest BCUT2D eigenvalue weighted by molar-refractivity contribution is -0.131. The van der Waals surface area contributed by atoms with Crippen molar-refractivity contribution in [1.29, 1.82) is 0 Å². The Kier molecular flexibility index (Phi) is 6.88. The minimum absolute atomic E-state index is 0.343. The molecule has 2 saturated heterocycles. The van der Waals surface area contributed by atoms with Gasteiger partial charge in [-0.2, -0.15) is 0 Å². The lowest BCUT2D eigenvalue weighted by Crippen LogP contribution is -2.49. The molecule has 160 valence electrons. The quantitative estimate of drug-likeness (QED) is 0.752. The van der Waals surface area contributed by atoms with Gasteiger partial charge in [0.1, 0.15) is 0 Å². The van der Waals surface area contributed by atoms with Gasteiger partial charge in [0.15, 0.2) is 11.6 Å². The average molecular weight is 400 g/mol. The molecule has 0 radical (unpaired) electrons. The summed E-state index contributed by atoms with van der Waals surface area (Å²) in [5.74, 6) is 3.06. The van der Waals surface area contributed by atoms with Crippen LogP contribution in [0.15, 0.2) is 12.1 Å². The Hall–Kier alpha value is -1.85. The smallest absolute Gasteiger partial charge is 0.222 e. The molecule has 1 aliphatic carbocycles. The van der Waals surface area contributed by atoms with Gasteiger partial charge in [0.05, 0.1) is 0 Å². The van der Waals surface area contributed by atoms with Crippen LogP contribution in [0.1, 0.15) is 71.1 Å². The highest BCUT2D eigenvalue weighted by atomic mass is 16.2. The van der Waals surface area contributed by atoms with Gasteiger partial charge in [0.25, 0.3) is 0 Å². The predicted molar refractivity (Wildman–Crippen MR) is 117 cm³/mol. The van der Waals surface area contributed by atoms with Crippen LogP contribution >= 0.6 is 0 Å². The highest BCUT2D eigenvalue weighted by molar-refractivity contribution is 5.76. The summed E-state index contributed by atoms with van der Waals surface area (Å²) >= 11 is 0. The topological polar surface area (TPSA) is 52.6 Å². The number of hydrogen-bond donors (Lipinski definition) is 0. The molecule has 3 aliphatic rings. The van der Waals surface area contributed by atoms with Crippen molar-refractivity contribution >= 4 is 17.5 Å². The fourth-order valence-corrected chi connectivity index (χ4v) is 5.22. The van der Waals surface area contributed by atoms with E-state index < -0.39 is 0 Å². The van der Waals surface area contributed by atoms with Crippen LogP contribution in [-0.2, 0) is 4.79 Å². The number of aromatic nitrogens is 2. The molecule has 0 N–H and O–H groups in total. The van der Waals surface area contributed by atoms with Crippen molar-refractivity contribution in [3.8, 4) is 0 Å². The van der Waals surface area contributed by atoms with Gasteiger partial charge in [0, 0.05) is 45.2 Å². The van der Waals surface area contributed by atoms with Gasteiger partial charge in [-0.3, -0.25) is 4.79 Å². The molecule has 6 nitrogen and oxygen atoms in total. The predicted octanol–water partition coefficient (Wildman–Crippen LogP) is 3.86. The van der Waals surface area contributed by atoms with Crippen molar-refractivity contribution in [2.45, 2.75) is 77.2 Å². The Labute approximate surface area is 175 Å². The van der Waals surface area contributed by atoms with Crippen LogP contribution < -0.4 is 9.80 Å². The molecule has 4 rings (SSSR count). The summed E-state index contributed by atoms with van der Waals surface area (Å²) in [5, 5.41) is 9.03. The fraction of sp³-hybridized carbons (Fsp3) is 0.783. The Morgan fingerprint density at radius 3 is 2.28 bits per heavy atom. The second kappa shape index (κ2) is 9.77. The van der Waals surface area contributed by atoms with Crippen molar-refractivity contribution in [3.05, 3.63) is 12.1 Å². The molecule has 1 aromatic heterocycles. The minimum atomic E-state index is 0.343. The van der Waals surface area contributed by atoms with Gasteiger partial charge in [-0.25, -0.2) is 0 Å². The molecule has 3 heterocycles. The van der Waals surface area contributed by atoms with Gasteiger partial charge < -0.3 is 14.7 Å². The zero-order valence-corrected chi connectivity index (χ0v) is 18.1. The largest absolute Gasteiger partial charge is 0.352 e. The molecule has 29 heavy (non-hydrogen) atoms. The molecule has 1 aromatic rings. The number of carbonyl (C=O) groups excluding carboxylic acids is 1. The van der Waals surface area contributed by atoms with E-state index in [1.807, 2.05) is 0 Å². The van der Waals surface area contributed by atoms with E-state index in [9.17, 15) is 4.79 Å². The number of amides is 1. The molecule has 1 unspecified atom stereocenters. The number of nitrogens with zero attached hydrogens (tertiary/aromatic N) is 5. The van der Waals surface area contributed by atoms with E-state index in [2.05, 4.69) is 44.0 Å². The van der Waals surface area contributed by atoms with Crippen molar-refractivity contribution in [2.24, 2.45) is 5.92 Å². The highest BCUT2D eigenvalue weighted by Gasteiger charge is 2.24. The number of hydrogen-bond acceptors (Lipinski definition) is 5.